The van der Waals surface area contributed by atoms with E-state index >= 15 is 0 Å². The van der Waals surface area contributed by atoms with Crippen LogP contribution >= 0.6 is 0 Å². The molecule has 3 aromatic rings. The van der Waals surface area contributed by atoms with Gasteiger partial charge in [0, 0.05) is 18.0 Å². The van der Waals surface area contributed by atoms with Crippen LogP contribution in [-0.2, 0) is 11.2 Å². The fourth-order valence-electron chi connectivity index (χ4n) is 4.93. The normalized spacial score (nSPS) is 16.0. The largest absolute Gasteiger partial charge is 0.497 e. The number of aromatic nitrogens is 1. The zero-order valence-corrected chi connectivity index (χ0v) is 20.1. The Morgan fingerprint density at radius 2 is 1.86 bits per heavy atom. The molecule has 1 fully saturated rings. The Bertz CT molecular complexity index is 1250. The summed E-state index contributed by atoms with van der Waals surface area (Å²) >= 11 is 0. The first-order chi connectivity index (χ1) is 17.3. The molecule has 0 bridgehead atoms. The molecule has 4 rings (SSSR count). The molecule has 0 radical (unpaired) electrons. The van der Waals surface area contributed by atoms with Gasteiger partial charge >= 0.3 is 5.97 Å². The topological polar surface area (TPSA) is 62.7 Å². The number of fused-ring (bicyclic) bond motifs is 1. The summed E-state index contributed by atoms with van der Waals surface area (Å²) in [5, 5.41) is 10.7. The standard InChI is InChI=1S/C28H29F3N2O3/c1-36-22-6-7-26-24(17-22)23(25(31)18-32-26)5-2-8-28(27(34)35)9-12-33(13-10-28)11-3-4-19-14-20(29)16-21(30)15-19/h3-4,6-7,14-18H,2,5,8-13H2,1H3,(H,34,35). The molecule has 1 aromatic heterocycles. The molecule has 0 saturated carbocycles. The summed E-state index contributed by atoms with van der Waals surface area (Å²) in [5.41, 5.74) is 0.777. The zero-order chi connectivity index (χ0) is 25.7. The van der Waals surface area contributed by atoms with Crippen LogP contribution in [0.15, 0.2) is 48.7 Å². The van der Waals surface area contributed by atoms with Crippen molar-refractivity contribution in [2.75, 3.05) is 26.7 Å². The SMILES string of the molecule is COc1ccc2ncc(F)c(CCCC3(C(=O)O)CCN(CC=Cc4cc(F)cc(F)c4)CC3)c2c1. The van der Waals surface area contributed by atoms with Crippen LogP contribution in [0, 0.1) is 22.9 Å². The first kappa shape index (κ1) is 25.7. The van der Waals surface area contributed by atoms with Crippen LogP contribution in [0.2, 0.25) is 0 Å². The number of ether oxygens (including phenoxy) is 1. The number of halogens is 3. The molecule has 1 aliphatic rings. The molecule has 1 saturated heterocycles. The highest BCUT2D eigenvalue weighted by atomic mass is 19.1. The quantitative estimate of drug-likeness (QED) is 0.400. The number of carbonyl (C=O) groups is 1. The fourth-order valence-corrected chi connectivity index (χ4v) is 4.93. The molecule has 1 aliphatic heterocycles. The lowest BCUT2D eigenvalue weighted by molar-refractivity contribution is -0.152. The van der Waals surface area contributed by atoms with Crippen LogP contribution < -0.4 is 4.74 Å². The third kappa shape index (κ3) is 5.87. The van der Waals surface area contributed by atoms with Crippen molar-refractivity contribution in [3.05, 3.63) is 77.2 Å². The van der Waals surface area contributed by atoms with Crippen LogP contribution in [0.3, 0.4) is 0 Å². The van der Waals surface area contributed by atoms with Gasteiger partial charge in [-0.15, -0.1) is 0 Å². The molecule has 5 nitrogen and oxygen atoms in total. The van der Waals surface area contributed by atoms with Crippen molar-refractivity contribution < 1.29 is 27.8 Å². The molecule has 0 aliphatic carbocycles. The number of hydrogen-bond donors (Lipinski definition) is 1. The highest BCUT2D eigenvalue weighted by molar-refractivity contribution is 5.83. The third-order valence-corrected chi connectivity index (χ3v) is 7.04. The first-order valence-electron chi connectivity index (χ1n) is 12.0. The van der Waals surface area contributed by atoms with Gasteiger partial charge in [-0.05, 0) is 86.7 Å². The molecule has 0 spiro atoms. The maximum Gasteiger partial charge on any atom is 0.309 e. The van der Waals surface area contributed by atoms with Crippen molar-refractivity contribution in [2.45, 2.75) is 32.1 Å². The second-order valence-electron chi connectivity index (χ2n) is 9.31. The van der Waals surface area contributed by atoms with E-state index in [1.165, 1.54) is 18.3 Å². The van der Waals surface area contributed by atoms with Gasteiger partial charge in [-0.25, -0.2) is 13.2 Å². The third-order valence-electron chi connectivity index (χ3n) is 7.04. The Labute approximate surface area is 208 Å². The van der Waals surface area contributed by atoms with Gasteiger partial charge in [0.25, 0.3) is 0 Å². The van der Waals surface area contributed by atoms with E-state index in [2.05, 4.69) is 9.88 Å². The highest BCUT2D eigenvalue weighted by Crippen LogP contribution is 2.37. The molecule has 1 N–H and O–H groups in total. The number of methoxy groups -OCH3 is 1. The molecule has 2 heterocycles. The molecule has 190 valence electrons. The number of nitrogens with zero attached hydrogens (tertiary/aromatic N) is 2. The number of benzene rings is 2. The molecular formula is C28H29F3N2O3. The lowest BCUT2D eigenvalue weighted by Crippen LogP contribution is -2.44. The van der Waals surface area contributed by atoms with Crippen LogP contribution in [0.5, 0.6) is 5.75 Å². The zero-order valence-electron chi connectivity index (χ0n) is 20.1. The fraction of sp³-hybridized carbons (Fsp3) is 0.357. The molecule has 36 heavy (non-hydrogen) atoms. The Balaban J connectivity index is 1.36. The minimum atomic E-state index is -0.858. The lowest BCUT2D eigenvalue weighted by Gasteiger charge is -2.38. The average molecular weight is 499 g/mol. The van der Waals surface area contributed by atoms with Gasteiger partial charge in [0.05, 0.1) is 24.2 Å². The van der Waals surface area contributed by atoms with Gasteiger partial charge in [-0.2, -0.15) is 0 Å². The summed E-state index contributed by atoms with van der Waals surface area (Å²) in [6.45, 7) is 1.75. The summed E-state index contributed by atoms with van der Waals surface area (Å²) in [4.78, 5) is 18.5. The van der Waals surface area contributed by atoms with E-state index in [1.54, 1.807) is 31.4 Å². The van der Waals surface area contributed by atoms with E-state index in [0.29, 0.717) is 79.5 Å². The number of aryl methyl sites for hydroxylation is 1. The van der Waals surface area contributed by atoms with Gasteiger partial charge < -0.3 is 9.84 Å². The second kappa shape index (κ2) is 11.1. The minimum absolute atomic E-state index is 0.403. The summed E-state index contributed by atoms with van der Waals surface area (Å²) in [7, 11) is 1.55. The first-order valence-corrected chi connectivity index (χ1v) is 12.0. The summed E-state index contributed by atoms with van der Waals surface area (Å²) in [6.07, 6.45) is 7.05. The number of piperidine rings is 1. The molecule has 8 heteroatoms. The molecule has 0 atom stereocenters. The average Bonchev–Trinajstić information content (AvgIpc) is 2.85. The van der Waals surface area contributed by atoms with Gasteiger partial charge in [0.15, 0.2) is 0 Å². The van der Waals surface area contributed by atoms with Crippen molar-refractivity contribution >= 4 is 22.9 Å². The van der Waals surface area contributed by atoms with Crippen molar-refractivity contribution in [1.29, 1.82) is 0 Å². The Morgan fingerprint density at radius 1 is 1.14 bits per heavy atom. The van der Waals surface area contributed by atoms with Crippen LogP contribution in [0.4, 0.5) is 13.2 Å². The number of carboxylic acid groups (broad SMARTS) is 1. The number of pyridine rings is 1. The van der Waals surface area contributed by atoms with Gasteiger partial charge in [0.2, 0.25) is 0 Å². The summed E-state index contributed by atoms with van der Waals surface area (Å²) < 4.78 is 46.6. The van der Waals surface area contributed by atoms with Crippen molar-refractivity contribution in [3.63, 3.8) is 0 Å². The van der Waals surface area contributed by atoms with Gasteiger partial charge in [0.1, 0.15) is 23.2 Å². The summed E-state index contributed by atoms with van der Waals surface area (Å²) in [6, 6.07) is 8.67. The van der Waals surface area contributed by atoms with E-state index < -0.39 is 28.8 Å². The minimum Gasteiger partial charge on any atom is -0.497 e. The van der Waals surface area contributed by atoms with Crippen LogP contribution in [-0.4, -0.2) is 47.7 Å². The maximum atomic E-state index is 14.6. The van der Waals surface area contributed by atoms with E-state index in [1.807, 2.05) is 6.08 Å². The van der Waals surface area contributed by atoms with Crippen molar-refractivity contribution in [3.8, 4) is 5.75 Å². The van der Waals surface area contributed by atoms with E-state index in [4.69, 9.17) is 4.74 Å². The predicted molar refractivity (Wildman–Crippen MR) is 132 cm³/mol. The van der Waals surface area contributed by atoms with E-state index in [-0.39, 0.29) is 0 Å². The Hall–Kier alpha value is -3.39. The molecule has 0 amide bonds. The Morgan fingerprint density at radius 3 is 2.53 bits per heavy atom. The van der Waals surface area contributed by atoms with Gasteiger partial charge in [-0.3, -0.25) is 14.7 Å². The number of hydrogen-bond acceptors (Lipinski definition) is 4. The van der Waals surface area contributed by atoms with Crippen molar-refractivity contribution in [1.82, 2.24) is 9.88 Å². The highest BCUT2D eigenvalue weighted by Gasteiger charge is 2.40. The van der Waals surface area contributed by atoms with Gasteiger partial charge in [-0.1, -0.05) is 12.2 Å². The summed E-state index contributed by atoms with van der Waals surface area (Å²) in [5.74, 6) is -1.87. The number of likely N-dealkylation sites (tertiary alicyclic amines) is 1. The molecule has 0 unspecified atom stereocenters. The number of rotatable bonds is 9. The number of aliphatic carboxylic acids is 1. The lowest BCUT2D eigenvalue weighted by atomic mass is 9.74. The van der Waals surface area contributed by atoms with E-state index in [9.17, 15) is 23.1 Å². The smallest absolute Gasteiger partial charge is 0.309 e. The van der Waals surface area contributed by atoms with Crippen molar-refractivity contribution in [2.24, 2.45) is 5.41 Å². The Kier molecular flexibility index (Phi) is 7.94. The predicted octanol–water partition coefficient (Wildman–Crippen LogP) is 5.86. The monoisotopic (exact) mass is 498 g/mol. The number of carboxylic acids is 1. The van der Waals surface area contributed by atoms with E-state index in [0.717, 1.165) is 6.07 Å². The van der Waals surface area contributed by atoms with Crippen LogP contribution in [0.25, 0.3) is 17.0 Å². The van der Waals surface area contributed by atoms with Crippen LogP contribution in [0.1, 0.15) is 36.8 Å². The second-order valence-corrected chi connectivity index (χ2v) is 9.31. The molecule has 2 aromatic carbocycles. The maximum absolute atomic E-state index is 14.6. The molecular weight excluding hydrogens is 469 g/mol.